The fourth-order valence-electron chi connectivity index (χ4n) is 2.43. The van der Waals surface area contributed by atoms with Gasteiger partial charge in [-0.3, -0.25) is 4.79 Å². The van der Waals surface area contributed by atoms with Crippen LogP contribution in [0.2, 0.25) is 10.0 Å². The minimum absolute atomic E-state index is 0.315. The summed E-state index contributed by atoms with van der Waals surface area (Å²) in [6.07, 6.45) is 0. The van der Waals surface area contributed by atoms with Crippen LogP contribution >= 0.6 is 58.0 Å². The van der Waals surface area contributed by atoms with E-state index in [4.69, 9.17) is 67.8 Å². The van der Waals surface area contributed by atoms with Gasteiger partial charge in [-0.15, -0.1) is 11.6 Å². The lowest BCUT2D eigenvalue weighted by atomic mass is 9.93. The molecular formula is C18H14Cl5NO4. The van der Waals surface area contributed by atoms with E-state index < -0.39 is 28.8 Å². The van der Waals surface area contributed by atoms with E-state index in [-0.39, 0.29) is 5.88 Å². The van der Waals surface area contributed by atoms with E-state index in [0.717, 1.165) is 0 Å². The second-order valence-electron chi connectivity index (χ2n) is 5.64. The summed E-state index contributed by atoms with van der Waals surface area (Å²) < 4.78 is 3.05. The van der Waals surface area contributed by atoms with Gasteiger partial charge < -0.3 is 15.2 Å². The molecule has 2 aromatic carbocycles. The standard InChI is InChI=1S/C18H14Cl5NO4/c19-9-18(22,23)15(17(27)28-8-14(25)26)10-4-1-2-7-13(10)24-16-11(20)5-3-6-12(16)21/h1-7,15,24H,8-9H2,(H,25,26). The van der Waals surface area contributed by atoms with Crippen LogP contribution in [0.4, 0.5) is 11.4 Å². The maximum Gasteiger partial charge on any atom is 0.341 e. The number of carbonyl (C=O) groups excluding carboxylic acids is 1. The Bertz CT molecular complexity index is 855. The third-order valence-electron chi connectivity index (χ3n) is 3.67. The van der Waals surface area contributed by atoms with E-state index in [9.17, 15) is 9.59 Å². The quantitative estimate of drug-likeness (QED) is 0.362. The maximum absolute atomic E-state index is 12.6. The van der Waals surface area contributed by atoms with Crippen molar-refractivity contribution in [3.8, 4) is 0 Å². The molecule has 28 heavy (non-hydrogen) atoms. The van der Waals surface area contributed by atoms with Crippen LogP contribution in [0.5, 0.6) is 0 Å². The first-order chi connectivity index (χ1) is 13.2. The first-order valence-corrected chi connectivity index (χ1v) is 9.84. The molecule has 2 aromatic rings. The van der Waals surface area contributed by atoms with Gasteiger partial charge in [0.2, 0.25) is 0 Å². The number of benzene rings is 2. The number of rotatable bonds is 8. The van der Waals surface area contributed by atoms with Crippen LogP contribution in [0.3, 0.4) is 0 Å². The second-order valence-corrected chi connectivity index (χ2v) is 8.26. The summed E-state index contributed by atoms with van der Waals surface area (Å²) in [4.78, 5) is 23.4. The van der Waals surface area contributed by atoms with E-state index in [0.29, 0.717) is 27.0 Å². The van der Waals surface area contributed by atoms with Gasteiger partial charge in [0.05, 0.1) is 21.6 Å². The highest BCUT2D eigenvalue weighted by Crippen LogP contribution is 2.44. The van der Waals surface area contributed by atoms with Gasteiger partial charge in [-0.2, -0.15) is 0 Å². The molecule has 0 aliphatic heterocycles. The Labute approximate surface area is 186 Å². The number of nitrogens with one attached hydrogen (secondary N) is 1. The van der Waals surface area contributed by atoms with Gasteiger partial charge in [0.15, 0.2) is 6.61 Å². The smallest absolute Gasteiger partial charge is 0.341 e. The van der Waals surface area contributed by atoms with Gasteiger partial charge in [0, 0.05) is 5.69 Å². The van der Waals surface area contributed by atoms with Crippen molar-refractivity contribution in [1.82, 2.24) is 0 Å². The van der Waals surface area contributed by atoms with Crippen LogP contribution in [0, 0.1) is 0 Å². The minimum atomic E-state index is -1.76. The van der Waals surface area contributed by atoms with Gasteiger partial charge >= 0.3 is 11.9 Å². The Balaban J connectivity index is 2.50. The molecule has 2 rings (SSSR count). The number of carboxylic acid groups (broad SMARTS) is 1. The number of ether oxygens (including phenoxy) is 1. The molecule has 0 saturated carbocycles. The summed E-state index contributed by atoms with van der Waals surface area (Å²) >= 11 is 30.8. The third kappa shape index (κ3) is 5.58. The van der Waals surface area contributed by atoms with Crippen molar-refractivity contribution in [3.05, 3.63) is 58.1 Å². The molecule has 2 N–H and O–H groups in total. The summed E-state index contributed by atoms with van der Waals surface area (Å²) in [7, 11) is 0. The Morgan fingerprint density at radius 3 is 2.25 bits per heavy atom. The summed E-state index contributed by atoms with van der Waals surface area (Å²) in [5.41, 5.74) is 1.17. The molecule has 1 atom stereocenters. The molecule has 0 heterocycles. The molecule has 1 unspecified atom stereocenters. The number of halogens is 5. The van der Waals surface area contributed by atoms with Crippen molar-refractivity contribution in [2.75, 3.05) is 17.8 Å². The monoisotopic (exact) mass is 483 g/mol. The highest BCUT2D eigenvalue weighted by atomic mass is 35.5. The van der Waals surface area contributed by atoms with E-state index in [1.165, 1.54) is 0 Å². The van der Waals surface area contributed by atoms with E-state index in [1.54, 1.807) is 42.5 Å². The fraction of sp³-hybridized carbons (Fsp3) is 0.222. The van der Waals surface area contributed by atoms with Gasteiger partial charge in [0.25, 0.3) is 0 Å². The van der Waals surface area contributed by atoms with Gasteiger partial charge in [0.1, 0.15) is 10.3 Å². The lowest BCUT2D eigenvalue weighted by Crippen LogP contribution is -2.34. The van der Waals surface area contributed by atoms with Crippen molar-refractivity contribution >= 4 is 81.3 Å². The average Bonchev–Trinajstić information content (AvgIpc) is 2.64. The first kappa shape index (κ1) is 22.9. The summed E-state index contributed by atoms with van der Waals surface area (Å²) in [6.45, 7) is -0.840. The number of hydrogen-bond donors (Lipinski definition) is 2. The summed E-state index contributed by atoms with van der Waals surface area (Å²) in [5.74, 6) is -3.85. The highest BCUT2D eigenvalue weighted by molar-refractivity contribution is 6.53. The van der Waals surface area contributed by atoms with Crippen molar-refractivity contribution in [2.24, 2.45) is 0 Å². The molecule has 150 valence electrons. The molecule has 0 aliphatic carbocycles. The number of para-hydroxylation sites is 2. The lowest BCUT2D eigenvalue weighted by Gasteiger charge is -2.28. The third-order valence-corrected chi connectivity index (χ3v) is 5.70. The van der Waals surface area contributed by atoms with Crippen molar-refractivity contribution in [3.63, 3.8) is 0 Å². The zero-order chi connectivity index (χ0) is 20.9. The predicted octanol–water partition coefficient (Wildman–Crippen LogP) is 5.86. The molecule has 0 bridgehead atoms. The topological polar surface area (TPSA) is 75.6 Å². The summed E-state index contributed by atoms with van der Waals surface area (Å²) in [6, 6.07) is 11.6. The van der Waals surface area contributed by atoms with Crippen LogP contribution in [-0.2, 0) is 14.3 Å². The number of carbonyl (C=O) groups is 2. The van der Waals surface area contributed by atoms with Crippen LogP contribution in [0.25, 0.3) is 0 Å². The van der Waals surface area contributed by atoms with Gasteiger partial charge in [-0.25, -0.2) is 4.79 Å². The number of anilines is 2. The molecule has 5 nitrogen and oxygen atoms in total. The number of alkyl halides is 3. The molecule has 0 fully saturated rings. The molecule has 0 amide bonds. The molecule has 0 spiro atoms. The van der Waals surface area contributed by atoms with Crippen molar-refractivity contribution in [1.29, 1.82) is 0 Å². The van der Waals surface area contributed by atoms with Crippen LogP contribution in [-0.4, -0.2) is 33.9 Å². The van der Waals surface area contributed by atoms with E-state index >= 15 is 0 Å². The Kier molecular flexibility index (Phi) is 8.10. The number of aliphatic carboxylic acids is 1. The zero-order valence-electron chi connectivity index (χ0n) is 14.1. The van der Waals surface area contributed by atoms with Crippen molar-refractivity contribution < 1.29 is 19.4 Å². The second kappa shape index (κ2) is 9.90. The highest BCUT2D eigenvalue weighted by Gasteiger charge is 2.43. The van der Waals surface area contributed by atoms with Gasteiger partial charge in [-0.1, -0.05) is 70.7 Å². The Morgan fingerprint density at radius 2 is 1.68 bits per heavy atom. The van der Waals surface area contributed by atoms with Crippen LogP contribution in [0.1, 0.15) is 11.5 Å². The number of hydrogen-bond acceptors (Lipinski definition) is 4. The van der Waals surface area contributed by atoms with E-state index in [1.807, 2.05) is 0 Å². The fourth-order valence-corrected chi connectivity index (χ4v) is 3.49. The minimum Gasteiger partial charge on any atom is -0.479 e. The maximum atomic E-state index is 12.6. The predicted molar refractivity (Wildman–Crippen MR) is 113 cm³/mol. The molecule has 0 aliphatic rings. The normalized spacial score (nSPS) is 12.3. The Hall–Kier alpha value is -1.37. The largest absolute Gasteiger partial charge is 0.479 e. The van der Waals surface area contributed by atoms with E-state index in [2.05, 4.69) is 5.32 Å². The zero-order valence-corrected chi connectivity index (χ0v) is 17.9. The number of carboxylic acids is 1. The van der Waals surface area contributed by atoms with Gasteiger partial charge in [-0.05, 0) is 23.8 Å². The lowest BCUT2D eigenvalue weighted by molar-refractivity contribution is -0.156. The first-order valence-electron chi connectivity index (χ1n) is 7.79. The number of esters is 1. The van der Waals surface area contributed by atoms with Crippen LogP contribution in [0.15, 0.2) is 42.5 Å². The molecule has 0 radical (unpaired) electrons. The SMILES string of the molecule is O=C(O)COC(=O)C(c1ccccc1Nc1c(Cl)cccc1Cl)C(Cl)(Cl)CCl. The molecular weight excluding hydrogens is 471 g/mol. The molecule has 0 saturated heterocycles. The van der Waals surface area contributed by atoms with Crippen molar-refractivity contribution in [2.45, 2.75) is 10.3 Å². The average molecular weight is 486 g/mol. The summed E-state index contributed by atoms with van der Waals surface area (Å²) in [5, 5.41) is 12.5. The van der Waals surface area contributed by atoms with Crippen LogP contribution < -0.4 is 5.32 Å². The Morgan fingerprint density at radius 1 is 1.07 bits per heavy atom. The molecule has 10 heteroatoms. The molecule has 0 aromatic heterocycles.